The van der Waals surface area contributed by atoms with Crippen molar-refractivity contribution in [3.63, 3.8) is 0 Å². The summed E-state index contributed by atoms with van der Waals surface area (Å²) in [5, 5.41) is 10.4. The maximum atomic E-state index is 12.2. The number of nitro benzene ring substituents is 1. The highest BCUT2D eigenvalue weighted by Crippen LogP contribution is 2.27. The third-order valence-corrected chi connectivity index (χ3v) is 2.22. The van der Waals surface area contributed by atoms with Crippen molar-refractivity contribution in [1.82, 2.24) is 0 Å². The van der Waals surface area contributed by atoms with Crippen LogP contribution in [0.15, 0.2) is 18.2 Å². The Hall–Kier alpha value is -1.30. The molecule has 1 aromatic rings. The molecule has 0 unspecified atom stereocenters. The van der Waals surface area contributed by atoms with Crippen molar-refractivity contribution in [2.24, 2.45) is 0 Å². The topological polar surface area (TPSA) is 43.1 Å². The van der Waals surface area contributed by atoms with E-state index in [2.05, 4.69) is 0 Å². The van der Waals surface area contributed by atoms with E-state index in [0.29, 0.717) is 0 Å². The van der Waals surface area contributed by atoms with Crippen molar-refractivity contribution in [2.45, 2.75) is 18.5 Å². The molecule has 7 heteroatoms. The molecule has 0 aliphatic heterocycles. The van der Waals surface area contributed by atoms with E-state index in [1.807, 2.05) is 0 Å². The molecule has 1 aromatic carbocycles. The summed E-state index contributed by atoms with van der Waals surface area (Å²) < 4.78 is 36.5. The number of non-ortho nitro benzene ring substituents is 1. The molecule has 0 aliphatic carbocycles. The highest BCUT2D eigenvalue weighted by Gasteiger charge is 2.29. The second-order valence-electron chi connectivity index (χ2n) is 3.14. The molecule has 3 nitrogen and oxygen atoms in total. The largest absolute Gasteiger partial charge is 0.393 e. The van der Waals surface area contributed by atoms with Crippen LogP contribution in [-0.2, 0) is 12.3 Å². The SMILES string of the molecule is O=[N+]([O-])c1ccc(CCl)c(CC(F)(F)F)c1. The van der Waals surface area contributed by atoms with Gasteiger partial charge < -0.3 is 0 Å². The molecule has 16 heavy (non-hydrogen) atoms. The Kier molecular flexibility index (Phi) is 3.74. The lowest BCUT2D eigenvalue weighted by atomic mass is 10.0. The van der Waals surface area contributed by atoms with Crippen LogP contribution in [0, 0.1) is 10.1 Å². The summed E-state index contributed by atoms with van der Waals surface area (Å²) in [5.74, 6) is -0.108. The van der Waals surface area contributed by atoms with Crippen molar-refractivity contribution in [3.8, 4) is 0 Å². The zero-order valence-electron chi connectivity index (χ0n) is 7.92. The predicted octanol–water partition coefficient (Wildman–Crippen LogP) is 3.44. The van der Waals surface area contributed by atoms with E-state index >= 15 is 0 Å². The summed E-state index contributed by atoms with van der Waals surface area (Å²) in [6.07, 6.45) is -5.62. The fourth-order valence-electron chi connectivity index (χ4n) is 1.24. The monoisotopic (exact) mass is 253 g/mol. The van der Waals surface area contributed by atoms with E-state index < -0.39 is 17.5 Å². The Morgan fingerprint density at radius 2 is 1.94 bits per heavy atom. The van der Waals surface area contributed by atoms with Gasteiger partial charge in [0.15, 0.2) is 0 Å². The molecule has 0 N–H and O–H groups in total. The van der Waals surface area contributed by atoms with Gasteiger partial charge in [0.1, 0.15) is 0 Å². The van der Waals surface area contributed by atoms with Gasteiger partial charge in [-0.2, -0.15) is 13.2 Å². The summed E-state index contributed by atoms with van der Waals surface area (Å²) in [6, 6.07) is 3.29. The van der Waals surface area contributed by atoms with Crippen LogP contribution in [0.4, 0.5) is 18.9 Å². The Morgan fingerprint density at radius 3 is 2.38 bits per heavy atom. The fraction of sp³-hybridized carbons (Fsp3) is 0.333. The first-order valence-corrected chi connectivity index (χ1v) is 4.76. The van der Waals surface area contributed by atoms with Gasteiger partial charge in [0, 0.05) is 18.0 Å². The number of nitrogens with zero attached hydrogens (tertiary/aromatic N) is 1. The van der Waals surface area contributed by atoms with Gasteiger partial charge in [-0.1, -0.05) is 6.07 Å². The van der Waals surface area contributed by atoms with Crippen molar-refractivity contribution in [2.75, 3.05) is 0 Å². The standard InChI is InChI=1S/C9H7ClF3NO2/c10-5-6-1-2-8(14(15)16)3-7(6)4-9(11,12)13/h1-3H,4-5H2. The van der Waals surface area contributed by atoms with E-state index in [-0.39, 0.29) is 22.7 Å². The summed E-state index contributed by atoms with van der Waals surface area (Å²) >= 11 is 5.46. The lowest BCUT2D eigenvalue weighted by Crippen LogP contribution is -2.13. The van der Waals surface area contributed by atoms with Gasteiger partial charge in [0.25, 0.3) is 5.69 Å². The summed E-state index contributed by atoms with van der Waals surface area (Å²) in [7, 11) is 0. The molecule has 0 heterocycles. The molecule has 0 radical (unpaired) electrons. The van der Waals surface area contributed by atoms with E-state index in [1.54, 1.807) is 0 Å². The van der Waals surface area contributed by atoms with E-state index in [4.69, 9.17) is 11.6 Å². The minimum atomic E-state index is -4.41. The zero-order chi connectivity index (χ0) is 12.3. The van der Waals surface area contributed by atoms with Crippen LogP contribution in [0.2, 0.25) is 0 Å². The Labute approximate surface area is 94.0 Å². The molecule has 0 aromatic heterocycles. The van der Waals surface area contributed by atoms with Crippen LogP contribution in [-0.4, -0.2) is 11.1 Å². The summed E-state index contributed by atoms with van der Waals surface area (Å²) in [6.45, 7) is 0. The normalized spacial score (nSPS) is 11.5. The number of hydrogen-bond donors (Lipinski definition) is 0. The van der Waals surface area contributed by atoms with Gasteiger partial charge in [-0.25, -0.2) is 0 Å². The Balaban J connectivity index is 3.12. The number of benzene rings is 1. The first kappa shape index (κ1) is 12.8. The highest BCUT2D eigenvalue weighted by molar-refractivity contribution is 6.17. The number of hydrogen-bond acceptors (Lipinski definition) is 2. The van der Waals surface area contributed by atoms with E-state index in [9.17, 15) is 23.3 Å². The Morgan fingerprint density at radius 1 is 1.31 bits per heavy atom. The van der Waals surface area contributed by atoms with Crippen LogP contribution >= 0.6 is 11.6 Å². The van der Waals surface area contributed by atoms with Crippen molar-refractivity contribution in [1.29, 1.82) is 0 Å². The second kappa shape index (κ2) is 4.69. The van der Waals surface area contributed by atoms with Crippen LogP contribution in [0.3, 0.4) is 0 Å². The van der Waals surface area contributed by atoms with Crippen molar-refractivity contribution >= 4 is 17.3 Å². The number of nitro groups is 1. The molecule has 0 spiro atoms. The minimum Gasteiger partial charge on any atom is -0.258 e. The first-order chi connectivity index (χ1) is 7.33. The summed E-state index contributed by atoms with van der Waals surface area (Å²) in [4.78, 5) is 9.67. The predicted molar refractivity (Wildman–Crippen MR) is 52.4 cm³/mol. The third-order valence-electron chi connectivity index (χ3n) is 1.94. The number of alkyl halides is 4. The van der Waals surface area contributed by atoms with Crippen molar-refractivity contribution < 1.29 is 18.1 Å². The smallest absolute Gasteiger partial charge is 0.258 e. The zero-order valence-corrected chi connectivity index (χ0v) is 8.68. The van der Waals surface area contributed by atoms with Crippen LogP contribution < -0.4 is 0 Å². The average Bonchev–Trinajstić information content (AvgIpc) is 2.15. The lowest BCUT2D eigenvalue weighted by molar-refractivity contribution is -0.384. The maximum Gasteiger partial charge on any atom is 0.393 e. The third kappa shape index (κ3) is 3.37. The molecular formula is C9H7ClF3NO2. The van der Waals surface area contributed by atoms with Gasteiger partial charge in [-0.15, -0.1) is 11.6 Å². The average molecular weight is 254 g/mol. The van der Waals surface area contributed by atoms with E-state index in [0.717, 1.165) is 12.1 Å². The molecular weight excluding hydrogens is 247 g/mol. The molecule has 88 valence electrons. The van der Waals surface area contributed by atoms with Crippen LogP contribution in [0.25, 0.3) is 0 Å². The molecule has 0 fully saturated rings. The quantitative estimate of drug-likeness (QED) is 0.470. The van der Waals surface area contributed by atoms with E-state index in [1.165, 1.54) is 6.07 Å². The number of rotatable bonds is 3. The molecule has 0 saturated carbocycles. The van der Waals surface area contributed by atoms with Gasteiger partial charge in [0.05, 0.1) is 11.3 Å². The van der Waals surface area contributed by atoms with Gasteiger partial charge >= 0.3 is 6.18 Å². The molecule has 0 atom stereocenters. The Bertz CT molecular complexity index is 406. The van der Waals surface area contributed by atoms with Crippen LogP contribution in [0.1, 0.15) is 11.1 Å². The van der Waals surface area contributed by atoms with Gasteiger partial charge in [-0.05, 0) is 11.1 Å². The summed E-state index contributed by atoms with van der Waals surface area (Å²) in [5.41, 5.74) is -0.269. The van der Waals surface area contributed by atoms with Gasteiger partial charge in [0.2, 0.25) is 0 Å². The molecule has 0 amide bonds. The second-order valence-corrected chi connectivity index (χ2v) is 3.40. The molecule has 0 saturated heterocycles. The van der Waals surface area contributed by atoms with Crippen LogP contribution in [0.5, 0.6) is 0 Å². The molecule has 1 rings (SSSR count). The lowest BCUT2D eigenvalue weighted by Gasteiger charge is -2.09. The van der Waals surface area contributed by atoms with Crippen molar-refractivity contribution in [3.05, 3.63) is 39.4 Å². The minimum absolute atomic E-state index is 0.108. The van der Waals surface area contributed by atoms with Gasteiger partial charge in [-0.3, -0.25) is 10.1 Å². The highest BCUT2D eigenvalue weighted by atomic mass is 35.5. The molecule has 0 aliphatic rings. The molecule has 0 bridgehead atoms. The maximum absolute atomic E-state index is 12.2. The fourth-order valence-corrected chi connectivity index (χ4v) is 1.50. The first-order valence-electron chi connectivity index (χ1n) is 4.22. The number of halogens is 4.